The van der Waals surface area contributed by atoms with Crippen molar-refractivity contribution in [1.29, 1.82) is 0 Å². The maximum Gasteiger partial charge on any atom is 0.229 e. The van der Waals surface area contributed by atoms with Crippen molar-refractivity contribution in [3.8, 4) is 0 Å². The summed E-state index contributed by atoms with van der Waals surface area (Å²) in [7, 11) is 2.04. The fraction of sp³-hybridized carbons (Fsp3) is 0.526. The minimum Gasteiger partial charge on any atom is -0.352 e. The number of carbonyl (C=O) groups excluding carboxylic acids is 3. The topological polar surface area (TPSA) is 78.5 Å². The van der Waals surface area contributed by atoms with Crippen molar-refractivity contribution in [3.63, 3.8) is 0 Å². The molecule has 2 N–H and O–H groups in total. The number of rotatable bonds is 2. The molecule has 1 aromatic rings. The zero-order valence-electron chi connectivity index (χ0n) is 14.5. The number of hydrogen-bond acceptors (Lipinski definition) is 4. The van der Waals surface area contributed by atoms with Gasteiger partial charge in [-0.05, 0) is 38.6 Å². The number of hydrogen-bond donors (Lipinski definition) is 2. The number of likely N-dealkylation sites (tertiary alicyclic amines) is 1. The Morgan fingerprint density at radius 2 is 2.08 bits per heavy atom. The second-order valence-corrected chi connectivity index (χ2v) is 7.71. The number of ketones is 1. The number of nitrogens with zero attached hydrogens (tertiary/aromatic N) is 1. The van der Waals surface area contributed by atoms with E-state index in [4.69, 9.17) is 0 Å². The van der Waals surface area contributed by atoms with Crippen molar-refractivity contribution in [2.45, 2.75) is 25.8 Å². The molecular weight excluding hydrogens is 318 g/mol. The molecule has 2 amide bonds. The number of carbonyl (C=O) groups is 3. The fourth-order valence-corrected chi connectivity index (χ4v) is 4.51. The third-order valence-corrected chi connectivity index (χ3v) is 5.97. The summed E-state index contributed by atoms with van der Waals surface area (Å²) in [6.45, 7) is 3.59. The molecule has 0 radical (unpaired) electrons. The first-order valence-corrected chi connectivity index (χ1v) is 8.86. The highest BCUT2D eigenvalue weighted by atomic mass is 16.2. The summed E-state index contributed by atoms with van der Waals surface area (Å²) in [6, 6.07) is 7.10. The number of para-hydroxylation sites is 1. The number of benzene rings is 1. The highest BCUT2D eigenvalue weighted by Gasteiger charge is 2.73. The summed E-state index contributed by atoms with van der Waals surface area (Å²) >= 11 is 0. The Kier molecular flexibility index (Phi) is 3.68. The standard InChI is InChI=1S/C19H23N3O3/c1-19-14(17(24)20-11-6-5-9-22(2)10-11)15(19)18(25)21-13-8-4-3-7-12(13)16(19)23/h3-4,7-8,11,14-15H,5-6,9-10H2,1-2H3,(H,20,24)(H,21,25)/t11-,14+,15-,19-/m1/s1. The third kappa shape index (κ3) is 2.47. The lowest BCUT2D eigenvalue weighted by molar-refractivity contribution is -0.126. The molecule has 3 aliphatic rings. The van der Waals surface area contributed by atoms with Crippen LogP contribution < -0.4 is 10.6 Å². The summed E-state index contributed by atoms with van der Waals surface area (Å²) in [5, 5.41) is 5.88. The molecule has 4 atom stereocenters. The third-order valence-electron chi connectivity index (χ3n) is 5.97. The van der Waals surface area contributed by atoms with Crippen LogP contribution in [0.2, 0.25) is 0 Å². The lowest BCUT2D eigenvalue weighted by Crippen LogP contribution is -2.47. The largest absolute Gasteiger partial charge is 0.352 e. The van der Waals surface area contributed by atoms with E-state index in [1.54, 1.807) is 31.2 Å². The van der Waals surface area contributed by atoms with Gasteiger partial charge in [0.15, 0.2) is 5.78 Å². The van der Waals surface area contributed by atoms with Crippen LogP contribution in [0.4, 0.5) is 5.69 Å². The van der Waals surface area contributed by atoms with Gasteiger partial charge in [-0.2, -0.15) is 0 Å². The molecule has 0 unspecified atom stereocenters. The van der Waals surface area contributed by atoms with E-state index >= 15 is 0 Å². The van der Waals surface area contributed by atoms with Gasteiger partial charge in [-0.15, -0.1) is 0 Å². The minimum absolute atomic E-state index is 0.0881. The predicted molar refractivity (Wildman–Crippen MR) is 93.2 cm³/mol. The van der Waals surface area contributed by atoms with Gasteiger partial charge in [-0.25, -0.2) is 0 Å². The first kappa shape index (κ1) is 16.3. The first-order chi connectivity index (χ1) is 11.9. The fourth-order valence-electron chi connectivity index (χ4n) is 4.51. The molecule has 6 heteroatoms. The van der Waals surface area contributed by atoms with E-state index < -0.39 is 17.3 Å². The molecule has 0 aromatic heterocycles. The zero-order chi connectivity index (χ0) is 17.8. The van der Waals surface area contributed by atoms with E-state index in [9.17, 15) is 14.4 Å². The molecule has 0 bridgehead atoms. The SMILES string of the molecule is CN1CCC[C@@H](NC(=O)[C@@H]2[C@@H]3C(=O)Nc4ccccc4C(=O)[C@]23C)C1. The van der Waals surface area contributed by atoms with E-state index in [1.165, 1.54) is 0 Å². The summed E-state index contributed by atoms with van der Waals surface area (Å²) < 4.78 is 0. The molecule has 1 aliphatic carbocycles. The average molecular weight is 341 g/mol. The molecule has 1 aromatic carbocycles. The van der Waals surface area contributed by atoms with Gasteiger partial charge in [0.25, 0.3) is 0 Å². The van der Waals surface area contributed by atoms with E-state index in [-0.39, 0.29) is 23.6 Å². The van der Waals surface area contributed by atoms with Gasteiger partial charge < -0.3 is 15.5 Å². The molecule has 2 aliphatic heterocycles. The van der Waals surface area contributed by atoms with Gasteiger partial charge in [-0.1, -0.05) is 19.1 Å². The van der Waals surface area contributed by atoms with E-state index in [0.717, 1.165) is 25.9 Å². The van der Waals surface area contributed by atoms with Gasteiger partial charge in [0.1, 0.15) is 0 Å². The Balaban J connectivity index is 1.56. The van der Waals surface area contributed by atoms with Crippen molar-refractivity contribution >= 4 is 23.3 Å². The molecule has 0 spiro atoms. The number of nitrogens with one attached hydrogen (secondary N) is 2. The molecule has 2 heterocycles. The van der Waals surface area contributed by atoms with Gasteiger partial charge in [0.2, 0.25) is 11.8 Å². The van der Waals surface area contributed by atoms with Gasteiger partial charge in [0, 0.05) is 18.2 Å². The summed E-state index contributed by atoms with van der Waals surface area (Å²) in [4.78, 5) is 40.6. The summed E-state index contributed by atoms with van der Waals surface area (Å²) in [5.74, 6) is -1.70. The lowest BCUT2D eigenvalue weighted by atomic mass is 9.92. The smallest absolute Gasteiger partial charge is 0.229 e. The molecule has 6 nitrogen and oxygen atoms in total. The number of likely N-dealkylation sites (N-methyl/N-ethyl adjacent to an activating group) is 1. The average Bonchev–Trinajstić information content (AvgIpc) is 3.23. The second-order valence-electron chi connectivity index (χ2n) is 7.71. The van der Waals surface area contributed by atoms with Crippen LogP contribution in [0.25, 0.3) is 0 Å². The van der Waals surface area contributed by atoms with Crippen LogP contribution in [0.1, 0.15) is 30.1 Å². The highest BCUT2D eigenvalue weighted by molar-refractivity contribution is 6.19. The molecule has 1 saturated heterocycles. The number of fused-ring (bicyclic) bond motifs is 2. The highest BCUT2D eigenvalue weighted by Crippen LogP contribution is 2.62. The normalized spacial score (nSPS) is 34.4. The monoisotopic (exact) mass is 341 g/mol. The van der Waals surface area contributed by atoms with Crippen LogP contribution in [0.5, 0.6) is 0 Å². The summed E-state index contributed by atoms with van der Waals surface area (Å²) in [6.07, 6.45) is 1.98. The molecule has 25 heavy (non-hydrogen) atoms. The molecular formula is C19H23N3O3. The summed E-state index contributed by atoms with van der Waals surface area (Å²) in [5.41, 5.74) is 0.0916. The Morgan fingerprint density at radius 3 is 2.84 bits per heavy atom. The van der Waals surface area contributed by atoms with E-state index in [0.29, 0.717) is 11.3 Å². The van der Waals surface area contributed by atoms with Crippen LogP contribution in [-0.4, -0.2) is 48.7 Å². The minimum atomic E-state index is -0.943. The first-order valence-electron chi connectivity index (χ1n) is 8.86. The zero-order valence-corrected chi connectivity index (χ0v) is 14.5. The molecule has 1 saturated carbocycles. The Morgan fingerprint density at radius 1 is 1.32 bits per heavy atom. The lowest BCUT2D eigenvalue weighted by Gasteiger charge is -2.30. The Bertz CT molecular complexity index is 762. The Labute approximate surface area is 147 Å². The van der Waals surface area contributed by atoms with Crippen LogP contribution in [0.3, 0.4) is 0 Å². The number of piperidine rings is 1. The van der Waals surface area contributed by atoms with Crippen LogP contribution >= 0.6 is 0 Å². The Hall–Kier alpha value is -2.21. The van der Waals surface area contributed by atoms with Gasteiger partial charge in [-0.3, -0.25) is 14.4 Å². The predicted octanol–water partition coefficient (Wildman–Crippen LogP) is 1.28. The molecule has 132 valence electrons. The number of anilines is 1. The second kappa shape index (κ2) is 5.66. The number of amides is 2. The van der Waals surface area contributed by atoms with Crippen LogP contribution in [0, 0.1) is 17.3 Å². The van der Waals surface area contributed by atoms with Gasteiger partial charge >= 0.3 is 0 Å². The van der Waals surface area contributed by atoms with Gasteiger partial charge in [0.05, 0.1) is 22.9 Å². The van der Waals surface area contributed by atoms with Crippen molar-refractivity contribution in [2.24, 2.45) is 17.3 Å². The van der Waals surface area contributed by atoms with Crippen molar-refractivity contribution in [3.05, 3.63) is 29.8 Å². The molecule has 2 fully saturated rings. The molecule has 4 rings (SSSR count). The van der Waals surface area contributed by atoms with E-state index in [2.05, 4.69) is 15.5 Å². The van der Waals surface area contributed by atoms with Crippen LogP contribution in [0.15, 0.2) is 24.3 Å². The maximum atomic E-state index is 13.0. The van der Waals surface area contributed by atoms with E-state index in [1.807, 2.05) is 7.05 Å². The number of Topliss-reactive ketones (excluding diaryl/α,β-unsaturated/α-hetero) is 1. The van der Waals surface area contributed by atoms with Crippen LogP contribution in [-0.2, 0) is 9.59 Å². The van der Waals surface area contributed by atoms with Crippen molar-refractivity contribution < 1.29 is 14.4 Å². The van der Waals surface area contributed by atoms with Crippen molar-refractivity contribution in [1.82, 2.24) is 10.2 Å². The quantitative estimate of drug-likeness (QED) is 0.849. The maximum absolute atomic E-state index is 13.0. The van der Waals surface area contributed by atoms with Crippen molar-refractivity contribution in [2.75, 3.05) is 25.5 Å².